The minimum atomic E-state index is -3.67. The summed E-state index contributed by atoms with van der Waals surface area (Å²) < 4.78 is 29.3. The van der Waals surface area contributed by atoms with Gasteiger partial charge in [0.2, 0.25) is 0 Å². The molecule has 5 nitrogen and oxygen atoms in total. The van der Waals surface area contributed by atoms with E-state index in [1.807, 2.05) is 6.92 Å². The van der Waals surface area contributed by atoms with E-state index in [4.69, 9.17) is 16.3 Å². The van der Waals surface area contributed by atoms with Crippen LogP contribution in [0.5, 0.6) is 5.75 Å². The van der Waals surface area contributed by atoms with Gasteiger partial charge in [0, 0.05) is 16.8 Å². The van der Waals surface area contributed by atoms with Crippen molar-refractivity contribution >= 4 is 33.9 Å². The van der Waals surface area contributed by atoms with Crippen molar-refractivity contribution in [3.63, 3.8) is 0 Å². The van der Waals surface area contributed by atoms with Crippen molar-refractivity contribution in [1.29, 1.82) is 0 Å². The Morgan fingerprint density at radius 1 is 1.17 bits per heavy atom. The molecule has 0 aromatic heterocycles. The van der Waals surface area contributed by atoms with Gasteiger partial charge in [-0.15, -0.1) is 0 Å². The normalized spacial score (nSPS) is 12.0. The van der Waals surface area contributed by atoms with Crippen LogP contribution in [0.4, 0.5) is 0 Å². The van der Waals surface area contributed by atoms with Crippen LogP contribution < -0.4 is 9.57 Å². The van der Waals surface area contributed by atoms with E-state index >= 15 is 0 Å². The number of hydrogen-bond donors (Lipinski definition) is 1. The first-order valence-corrected chi connectivity index (χ1v) is 8.90. The fraction of sp³-hybridized carbons (Fsp3) is 0.118. The fourth-order valence-electron chi connectivity index (χ4n) is 1.90. The third kappa shape index (κ3) is 4.84. The largest absolute Gasteiger partial charge is 0.496 e. The van der Waals surface area contributed by atoms with Gasteiger partial charge in [-0.05, 0) is 49.4 Å². The van der Waals surface area contributed by atoms with Crippen LogP contribution in [0.25, 0.3) is 6.08 Å². The van der Waals surface area contributed by atoms with Crippen LogP contribution in [0, 0.1) is 6.92 Å². The van der Waals surface area contributed by atoms with Gasteiger partial charge in [-0.2, -0.15) is 13.5 Å². The van der Waals surface area contributed by atoms with E-state index in [0.717, 1.165) is 11.1 Å². The number of halogens is 1. The zero-order valence-corrected chi connectivity index (χ0v) is 14.8. The van der Waals surface area contributed by atoms with Crippen molar-refractivity contribution in [1.82, 2.24) is 4.83 Å². The minimum Gasteiger partial charge on any atom is -0.496 e. The van der Waals surface area contributed by atoms with Crippen LogP contribution in [-0.4, -0.2) is 21.7 Å². The molecule has 2 aromatic rings. The predicted molar refractivity (Wildman–Crippen MR) is 97.0 cm³/mol. The Kier molecular flexibility index (Phi) is 6.00. The van der Waals surface area contributed by atoms with Crippen molar-refractivity contribution < 1.29 is 13.2 Å². The van der Waals surface area contributed by atoms with Crippen molar-refractivity contribution in [2.75, 3.05) is 7.11 Å². The molecule has 126 valence electrons. The molecule has 0 heterocycles. The molecule has 0 atom stereocenters. The highest BCUT2D eigenvalue weighted by Crippen LogP contribution is 2.23. The van der Waals surface area contributed by atoms with Crippen LogP contribution in [0.1, 0.15) is 11.1 Å². The second-order valence-electron chi connectivity index (χ2n) is 4.93. The monoisotopic (exact) mass is 364 g/mol. The van der Waals surface area contributed by atoms with Crippen LogP contribution in [-0.2, 0) is 10.0 Å². The number of benzene rings is 2. The molecule has 0 aliphatic carbocycles. The molecule has 0 radical (unpaired) electrons. The number of nitrogens with one attached hydrogen (secondary N) is 1. The molecular weight excluding hydrogens is 348 g/mol. The van der Waals surface area contributed by atoms with E-state index in [2.05, 4.69) is 9.93 Å². The lowest BCUT2D eigenvalue weighted by Gasteiger charge is -2.04. The van der Waals surface area contributed by atoms with Crippen molar-refractivity contribution in [2.24, 2.45) is 5.10 Å². The molecular formula is C17H17ClN2O3S. The van der Waals surface area contributed by atoms with Gasteiger partial charge >= 0.3 is 0 Å². The Balaban J connectivity index is 2.04. The van der Waals surface area contributed by atoms with Gasteiger partial charge in [0.25, 0.3) is 10.0 Å². The standard InChI is InChI=1S/C17H17ClN2O3S/c1-13-5-8-16(9-6-13)24(21,22)20-19-11-3-4-14-12-15(18)7-10-17(14)23-2/h3-12,20H,1-2H3/b4-3+,19-11+. The summed E-state index contributed by atoms with van der Waals surface area (Å²) in [5.41, 5.74) is 1.74. The first kappa shape index (κ1) is 18.0. The molecule has 0 amide bonds. The fourth-order valence-corrected chi connectivity index (χ4v) is 2.88. The van der Waals surface area contributed by atoms with Gasteiger partial charge in [-0.1, -0.05) is 29.3 Å². The van der Waals surface area contributed by atoms with Crippen LogP contribution in [0.3, 0.4) is 0 Å². The maximum Gasteiger partial charge on any atom is 0.276 e. The molecule has 1 N–H and O–H groups in total. The molecule has 0 spiro atoms. The highest BCUT2D eigenvalue weighted by atomic mass is 35.5. The molecule has 0 fully saturated rings. The lowest BCUT2D eigenvalue weighted by molar-refractivity contribution is 0.414. The topological polar surface area (TPSA) is 67.8 Å². The van der Waals surface area contributed by atoms with Gasteiger partial charge in [-0.25, -0.2) is 4.83 Å². The number of hydrogen-bond acceptors (Lipinski definition) is 4. The number of rotatable bonds is 6. The molecule has 0 aliphatic rings. The third-order valence-electron chi connectivity index (χ3n) is 3.13. The summed E-state index contributed by atoms with van der Waals surface area (Å²) in [5.74, 6) is 0.657. The number of aryl methyl sites for hydroxylation is 1. The quantitative estimate of drug-likeness (QED) is 0.628. The molecule has 0 saturated carbocycles. The summed E-state index contributed by atoms with van der Waals surface area (Å²) in [6, 6.07) is 11.7. The Bertz CT molecular complexity index is 860. The van der Waals surface area contributed by atoms with E-state index in [0.29, 0.717) is 10.8 Å². The van der Waals surface area contributed by atoms with Crippen LogP contribution >= 0.6 is 11.6 Å². The average Bonchev–Trinajstić information content (AvgIpc) is 2.55. The predicted octanol–water partition coefficient (Wildman–Crippen LogP) is 3.63. The van der Waals surface area contributed by atoms with Crippen molar-refractivity contribution in [2.45, 2.75) is 11.8 Å². The SMILES string of the molecule is COc1ccc(Cl)cc1/C=C/C=N/NS(=O)(=O)c1ccc(C)cc1. The summed E-state index contributed by atoms with van der Waals surface area (Å²) >= 11 is 5.94. The molecule has 7 heteroatoms. The van der Waals surface area contributed by atoms with Crippen LogP contribution in [0.2, 0.25) is 5.02 Å². The first-order chi connectivity index (χ1) is 11.4. The number of methoxy groups -OCH3 is 1. The van der Waals surface area contributed by atoms with E-state index < -0.39 is 10.0 Å². The molecule has 0 saturated heterocycles. The Labute approximate surface area is 146 Å². The molecule has 2 aromatic carbocycles. The summed E-state index contributed by atoms with van der Waals surface area (Å²) in [7, 11) is -2.11. The summed E-state index contributed by atoms with van der Waals surface area (Å²) in [5, 5.41) is 4.29. The Morgan fingerprint density at radius 2 is 1.88 bits per heavy atom. The highest BCUT2D eigenvalue weighted by molar-refractivity contribution is 7.89. The second-order valence-corrected chi connectivity index (χ2v) is 7.03. The Hall–Kier alpha value is -2.31. The lowest BCUT2D eigenvalue weighted by atomic mass is 10.2. The zero-order chi connectivity index (χ0) is 17.6. The van der Waals surface area contributed by atoms with E-state index in [9.17, 15) is 8.42 Å². The van der Waals surface area contributed by atoms with Crippen molar-refractivity contribution in [3.8, 4) is 5.75 Å². The maximum absolute atomic E-state index is 12.0. The molecule has 24 heavy (non-hydrogen) atoms. The highest BCUT2D eigenvalue weighted by Gasteiger charge is 2.11. The van der Waals surface area contributed by atoms with Gasteiger partial charge < -0.3 is 4.74 Å². The second kappa shape index (κ2) is 7.99. The molecule has 0 bridgehead atoms. The smallest absolute Gasteiger partial charge is 0.276 e. The van der Waals surface area contributed by atoms with E-state index in [1.165, 1.54) is 18.3 Å². The molecule has 0 unspecified atom stereocenters. The van der Waals surface area contributed by atoms with Gasteiger partial charge in [0.15, 0.2) is 0 Å². The third-order valence-corrected chi connectivity index (χ3v) is 4.61. The first-order valence-electron chi connectivity index (χ1n) is 7.04. The van der Waals surface area contributed by atoms with Gasteiger partial charge in [0.1, 0.15) is 5.75 Å². The van der Waals surface area contributed by atoms with Gasteiger partial charge in [0.05, 0.1) is 12.0 Å². The molecule has 0 aliphatic heterocycles. The number of ether oxygens (including phenoxy) is 1. The summed E-state index contributed by atoms with van der Waals surface area (Å²) in [6.07, 6.45) is 4.65. The van der Waals surface area contributed by atoms with Gasteiger partial charge in [-0.3, -0.25) is 0 Å². The number of sulfonamides is 1. The number of allylic oxidation sites excluding steroid dienone is 1. The maximum atomic E-state index is 12.0. The minimum absolute atomic E-state index is 0.158. The summed E-state index contributed by atoms with van der Waals surface area (Å²) in [4.78, 5) is 2.31. The average molecular weight is 365 g/mol. The lowest BCUT2D eigenvalue weighted by Crippen LogP contribution is -2.17. The zero-order valence-electron chi connectivity index (χ0n) is 13.2. The number of hydrazone groups is 1. The number of nitrogens with zero attached hydrogens (tertiary/aromatic N) is 1. The van der Waals surface area contributed by atoms with E-state index in [-0.39, 0.29) is 4.90 Å². The van der Waals surface area contributed by atoms with Crippen molar-refractivity contribution in [3.05, 3.63) is 64.7 Å². The van der Waals surface area contributed by atoms with Crippen LogP contribution in [0.15, 0.2) is 58.5 Å². The molecule has 2 rings (SSSR count). The summed E-state index contributed by atoms with van der Waals surface area (Å²) in [6.45, 7) is 1.89. The Morgan fingerprint density at radius 3 is 2.54 bits per heavy atom. The van der Waals surface area contributed by atoms with E-state index in [1.54, 1.807) is 49.6 Å².